The highest BCUT2D eigenvalue weighted by atomic mass is 16.3. The number of allylic oxidation sites excluding steroid dienone is 4. The smallest absolute Gasteiger partial charge is 0.143 e. The van der Waals surface area contributed by atoms with Gasteiger partial charge in [0.2, 0.25) is 0 Å². The molecule has 1 aliphatic carbocycles. The Morgan fingerprint density at radius 3 is 1.73 bits per heavy atom. The van der Waals surface area contributed by atoms with Crippen LogP contribution in [0.4, 0.5) is 0 Å². The van der Waals surface area contributed by atoms with Crippen molar-refractivity contribution in [3.8, 4) is 22.5 Å². The van der Waals surface area contributed by atoms with E-state index < -0.39 is 0 Å². The first kappa shape index (κ1) is 38.6. The topological polar surface area (TPSA) is 23.0 Å². The summed E-state index contributed by atoms with van der Waals surface area (Å²) in [5, 5.41) is 7.39. The van der Waals surface area contributed by atoms with Gasteiger partial charge in [0.1, 0.15) is 11.2 Å². The predicted molar refractivity (Wildman–Crippen MR) is 270 cm³/mol. The van der Waals surface area contributed by atoms with Crippen molar-refractivity contribution in [3.63, 3.8) is 0 Å². The van der Waals surface area contributed by atoms with Gasteiger partial charge < -0.3 is 13.6 Å². The van der Waals surface area contributed by atoms with Crippen molar-refractivity contribution in [1.29, 1.82) is 0 Å². The first-order chi connectivity index (χ1) is 30.9. The van der Waals surface area contributed by atoms with Crippen molar-refractivity contribution in [2.24, 2.45) is 0 Å². The van der Waals surface area contributed by atoms with Crippen LogP contribution in [0.2, 0.25) is 0 Å². The number of furan rings is 1. The molecule has 3 heterocycles. The van der Waals surface area contributed by atoms with Crippen molar-refractivity contribution in [1.82, 2.24) is 9.13 Å². The molecule has 0 unspecified atom stereocenters. The Balaban J connectivity index is 0.00000219. The van der Waals surface area contributed by atoms with E-state index in [9.17, 15) is 0 Å². The second kappa shape index (κ2) is 15.2. The van der Waals surface area contributed by atoms with Crippen molar-refractivity contribution in [2.45, 2.75) is 52.9 Å². The van der Waals surface area contributed by atoms with E-state index in [1.807, 2.05) is 13.8 Å². The van der Waals surface area contributed by atoms with Crippen molar-refractivity contribution >= 4 is 76.7 Å². The van der Waals surface area contributed by atoms with Gasteiger partial charge in [0.15, 0.2) is 0 Å². The van der Waals surface area contributed by atoms with Gasteiger partial charge in [-0.1, -0.05) is 150 Å². The van der Waals surface area contributed by atoms with E-state index in [2.05, 4.69) is 218 Å². The first-order valence-electron chi connectivity index (χ1n) is 22.5. The Labute approximate surface area is 368 Å². The number of rotatable bonds is 6. The second-order valence-corrected chi connectivity index (χ2v) is 17.3. The van der Waals surface area contributed by atoms with Crippen LogP contribution in [0.25, 0.3) is 99.2 Å². The fourth-order valence-electron chi connectivity index (χ4n) is 10.4. The van der Waals surface area contributed by atoms with E-state index in [0.29, 0.717) is 0 Å². The third kappa shape index (κ3) is 6.17. The molecule has 12 rings (SSSR count). The molecule has 8 aromatic carbocycles. The Hall–Kier alpha value is -7.36. The molecular weight excluding hydrogens is 765 g/mol. The summed E-state index contributed by atoms with van der Waals surface area (Å²) in [5.74, 6) is 0. The molecule has 0 aliphatic heterocycles. The molecule has 3 nitrogen and oxygen atoms in total. The molecule has 1 aliphatic rings. The molecule has 3 aromatic heterocycles. The summed E-state index contributed by atoms with van der Waals surface area (Å²) in [7, 11) is 0. The fourth-order valence-corrected chi connectivity index (χ4v) is 10.4. The van der Waals surface area contributed by atoms with Gasteiger partial charge in [0.05, 0.1) is 22.1 Å². The van der Waals surface area contributed by atoms with Crippen LogP contribution in [0.1, 0.15) is 64.2 Å². The third-order valence-corrected chi connectivity index (χ3v) is 13.3. The highest BCUT2D eigenvalue weighted by molar-refractivity contribution is 6.14. The number of para-hydroxylation sites is 4. The molecule has 0 bridgehead atoms. The van der Waals surface area contributed by atoms with Gasteiger partial charge in [-0.15, -0.1) is 0 Å². The molecule has 3 heteroatoms. The Morgan fingerprint density at radius 1 is 0.540 bits per heavy atom. The molecule has 0 saturated heterocycles. The summed E-state index contributed by atoms with van der Waals surface area (Å²) in [6, 6.07) is 64.3. The number of hydrogen-bond acceptors (Lipinski definition) is 1. The minimum atomic E-state index is 0.0218. The number of nitrogens with zero attached hydrogens (tertiary/aromatic N) is 2. The van der Waals surface area contributed by atoms with Crippen LogP contribution in [0.3, 0.4) is 0 Å². The Kier molecular flexibility index (Phi) is 9.31. The van der Waals surface area contributed by atoms with Crippen LogP contribution in [0.5, 0.6) is 0 Å². The average molecular weight is 815 g/mol. The van der Waals surface area contributed by atoms with E-state index in [1.165, 1.54) is 99.0 Å². The van der Waals surface area contributed by atoms with Gasteiger partial charge >= 0.3 is 0 Å². The largest absolute Gasteiger partial charge is 0.455 e. The lowest BCUT2D eigenvalue weighted by atomic mass is 9.86. The van der Waals surface area contributed by atoms with E-state index >= 15 is 0 Å². The lowest BCUT2D eigenvalue weighted by Crippen LogP contribution is -2.11. The van der Waals surface area contributed by atoms with E-state index in [0.717, 1.165) is 29.7 Å². The summed E-state index contributed by atoms with van der Waals surface area (Å²) in [6.45, 7) is 11.0. The average Bonchev–Trinajstić information content (AvgIpc) is 4.05. The molecule has 0 amide bonds. The fraction of sp³-hybridized carbons (Fsp3) is 0.133. The number of aromatic nitrogens is 2. The minimum absolute atomic E-state index is 0.0218. The van der Waals surface area contributed by atoms with E-state index in [4.69, 9.17) is 4.42 Å². The number of fused-ring (bicyclic) bond motifs is 11. The summed E-state index contributed by atoms with van der Waals surface area (Å²) >= 11 is 0. The quantitative estimate of drug-likeness (QED) is 0.164. The van der Waals surface area contributed by atoms with Gasteiger partial charge in [-0.2, -0.15) is 0 Å². The molecule has 0 saturated carbocycles. The predicted octanol–water partition coefficient (Wildman–Crippen LogP) is 17.0. The maximum absolute atomic E-state index is 6.60. The SMILES string of the molecule is CC.CC/C(=C\C=C1/CC(C)(C)c2ccc3c(oc4ccccc43)c21)c1ccc2c(c1)c1cc(-c3ccc4c(c3)c3ccccc3n4-c3ccccc3)ccc1n2-c1ccccc1. The molecular formula is C60H50N2O. The van der Waals surface area contributed by atoms with Gasteiger partial charge in [0.25, 0.3) is 0 Å². The van der Waals surface area contributed by atoms with E-state index in [-0.39, 0.29) is 5.41 Å². The highest BCUT2D eigenvalue weighted by Crippen LogP contribution is 2.50. The van der Waals surface area contributed by atoms with Crippen LogP contribution in [0, 0.1) is 0 Å². The Morgan fingerprint density at radius 2 is 1.08 bits per heavy atom. The van der Waals surface area contributed by atoms with Crippen LogP contribution in [-0.2, 0) is 5.41 Å². The molecule has 11 aromatic rings. The second-order valence-electron chi connectivity index (χ2n) is 17.3. The third-order valence-electron chi connectivity index (χ3n) is 13.3. The van der Waals surface area contributed by atoms with Crippen LogP contribution >= 0.6 is 0 Å². The van der Waals surface area contributed by atoms with Crippen molar-refractivity contribution in [3.05, 3.63) is 205 Å². The number of hydrogen-bond donors (Lipinski definition) is 0. The van der Waals surface area contributed by atoms with Crippen LogP contribution in [0.15, 0.2) is 192 Å². The standard InChI is InChI=1S/C58H44N2O.C2H6/c1-4-37(23-24-41-36-58(2,3)50-29-28-46-45-20-12-14-22-55(45)61-57(46)56(41)50)38-25-30-53-48(33-38)49-35-40(27-32-54(49)60(53)43-17-9-6-10-18-43)39-26-31-52-47(34-39)44-19-11-13-21-51(44)59(52)42-15-7-5-8-16-42;1-2/h5-35H,4,36H2,1-3H3;1-2H3/b37-23+,41-24+;. The summed E-state index contributed by atoms with van der Waals surface area (Å²) in [5.41, 5.74) is 18.1. The zero-order valence-electron chi connectivity index (χ0n) is 36.6. The van der Waals surface area contributed by atoms with Crippen molar-refractivity contribution in [2.75, 3.05) is 0 Å². The number of benzene rings is 8. The van der Waals surface area contributed by atoms with Gasteiger partial charge in [-0.3, -0.25) is 0 Å². The van der Waals surface area contributed by atoms with Gasteiger partial charge in [-0.25, -0.2) is 0 Å². The zero-order valence-corrected chi connectivity index (χ0v) is 36.6. The van der Waals surface area contributed by atoms with Gasteiger partial charge in [-0.05, 0) is 124 Å². The lowest BCUT2D eigenvalue weighted by Gasteiger charge is -2.17. The zero-order chi connectivity index (χ0) is 42.8. The van der Waals surface area contributed by atoms with Crippen LogP contribution in [-0.4, -0.2) is 9.13 Å². The normalized spacial score (nSPS) is 14.4. The molecule has 0 N–H and O–H groups in total. The van der Waals surface area contributed by atoms with Crippen molar-refractivity contribution < 1.29 is 4.42 Å². The summed E-state index contributed by atoms with van der Waals surface area (Å²) in [6.07, 6.45) is 6.63. The van der Waals surface area contributed by atoms with Gasteiger partial charge in [0, 0.05) is 49.3 Å². The highest BCUT2D eigenvalue weighted by Gasteiger charge is 2.35. The molecule has 0 spiro atoms. The van der Waals surface area contributed by atoms with Crippen LogP contribution < -0.4 is 0 Å². The maximum atomic E-state index is 6.60. The molecule has 0 atom stereocenters. The minimum Gasteiger partial charge on any atom is -0.455 e. The first-order valence-corrected chi connectivity index (χ1v) is 22.5. The molecule has 63 heavy (non-hydrogen) atoms. The van der Waals surface area contributed by atoms with E-state index in [1.54, 1.807) is 0 Å². The lowest BCUT2D eigenvalue weighted by molar-refractivity contribution is 0.563. The Bertz CT molecular complexity index is 3610. The molecule has 306 valence electrons. The molecule has 0 radical (unpaired) electrons. The summed E-state index contributed by atoms with van der Waals surface area (Å²) < 4.78 is 11.4. The molecule has 0 fully saturated rings. The maximum Gasteiger partial charge on any atom is 0.143 e. The summed E-state index contributed by atoms with van der Waals surface area (Å²) in [4.78, 5) is 0. The monoisotopic (exact) mass is 814 g/mol.